The zero-order valence-electron chi connectivity index (χ0n) is 8.74. The molecule has 1 atom stereocenters. The zero-order chi connectivity index (χ0) is 10.3. The first-order valence-electron chi connectivity index (χ1n) is 4.85. The average Bonchev–Trinajstić information content (AvgIpc) is 2.43. The Balaban J connectivity index is 2.65. The number of aromatic nitrogens is 1. The van der Waals surface area contributed by atoms with E-state index >= 15 is 0 Å². The summed E-state index contributed by atoms with van der Waals surface area (Å²) in [6, 6.07) is 3.88. The first-order chi connectivity index (χ1) is 6.61. The maximum Gasteiger partial charge on any atom is 0.238 e. The van der Waals surface area contributed by atoms with Gasteiger partial charge in [-0.05, 0) is 19.4 Å². The maximum atomic E-state index is 12.0. The van der Waals surface area contributed by atoms with Gasteiger partial charge in [0.25, 0.3) is 0 Å². The number of pyridine rings is 1. The first kappa shape index (κ1) is 9.19. The molecule has 1 amide bonds. The van der Waals surface area contributed by atoms with E-state index in [-0.39, 0.29) is 11.3 Å². The number of fused-ring (bicyclic) bond motifs is 1. The lowest BCUT2D eigenvalue weighted by atomic mass is 9.82. The van der Waals surface area contributed by atoms with Gasteiger partial charge in [0.1, 0.15) is 5.82 Å². The van der Waals surface area contributed by atoms with Crippen molar-refractivity contribution >= 4 is 11.7 Å². The molecule has 3 nitrogen and oxygen atoms in total. The minimum absolute atomic E-state index is 0.147. The Hall–Kier alpha value is -1.38. The second-order valence-corrected chi connectivity index (χ2v) is 3.92. The third kappa shape index (κ3) is 0.924. The lowest BCUT2D eigenvalue weighted by molar-refractivity contribution is -0.122. The van der Waals surface area contributed by atoms with Crippen LogP contribution in [0.15, 0.2) is 18.3 Å². The predicted molar refractivity (Wildman–Crippen MR) is 55.3 cm³/mol. The van der Waals surface area contributed by atoms with Gasteiger partial charge >= 0.3 is 0 Å². The molecule has 0 spiro atoms. The number of carbonyl (C=O) groups excluding carboxylic acids is 1. The second kappa shape index (κ2) is 2.80. The highest BCUT2D eigenvalue weighted by Gasteiger charge is 2.45. The van der Waals surface area contributed by atoms with Crippen LogP contribution in [0.5, 0.6) is 0 Å². The summed E-state index contributed by atoms with van der Waals surface area (Å²) in [5.41, 5.74) is 0.674. The Morgan fingerprint density at radius 2 is 2.29 bits per heavy atom. The van der Waals surface area contributed by atoms with Crippen molar-refractivity contribution in [2.45, 2.75) is 25.7 Å². The van der Waals surface area contributed by atoms with Gasteiger partial charge in [0.15, 0.2) is 0 Å². The van der Waals surface area contributed by atoms with Crippen LogP contribution in [0, 0.1) is 0 Å². The van der Waals surface area contributed by atoms with Crippen LogP contribution in [0.3, 0.4) is 0 Å². The molecular weight excluding hydrogens is 176 g/mol. The number of amides is 1. The Bertz CT molecular complexity index is 389. The van der Waals surface area contributed by atoms with Gasteiger partial charge in [0, 0.05) is 18.8 Å². The van der Waals surface area contributed by atoms with Crippen molar-refractivity contribution in [3.63, 3.8) is 0 Å². The summed E-state index contributed by atoms with van der Waals surface area (Å²) < 4.78 is 0. The van der Waals surface area contributed by atoms with Crippen molar-refractivity contribution in [3.8, 4) is 0 Å². The maximum absolute atomic E-state index is 12.0. The Morgan fingerprint density at radius 1 is 1.57 bits per heavy atom. The monoisotopic (exact) mass is 190 g/mol. The van der Waals surface area contributed by atoms with Gasteiger partial charge < -0.3 is 0 Å². The number of anilines is 1. The molecule has 1 aromatic rings. The van der Waals surface area contributed by atoms with E-state index in [1.165, 1.54) is 0 Å². The summed E-state index contributed by atoms with van der Waals surface area (Å²) in [7, 11) is 1.79. The summed E-state index contributed by atoms with van der Waals surface area (Å²) in [4.78, 5) is 17.9. The number of carbonyl (C=O) groups is 1. The van der Waals surface area contributed by atoms with Gasteiger partial charge in [-0.3, -0.25) is 9.69 Å². The lowest BCUT2D eigenvalue weighted by Crippen LogP contribution is -2.35. The molecule has 0 saturated carbocycles. The smallest absolute Gasteiger partial charge is 0.238 e. The van der Waals surface area contributed by atoms with Crippen molar-refractivity contribution in [1.82, 2.24) is 4.98 Å². The normalized spacial score (nSPS) is 25.4. The number of likely N-dealkylation sites (N-methyl/N-ethyl adjacent to an activating group) is 1. The lowest BCUT2D eigenvalue weighted by Gasteiger charge is -2.20. The van der Waals surface area contributed by atoms with Crippen LogP contribution in [-0.2, 0) is 10.2 Å². The summed E-state index contributed by atoms with van der Waals surface area (Å²) >= 11 is 0. The third-order valence-electron chi connectivity index (χ3n) is 3.18. The minimum atomic E-state index is -0.377. The van der Waals surface area contributed by atoms with E-state index in [0.717, 1.165) is 17.8 Å². The van der Waals surface area contributed by atoms with E-state index in [1.807, 2.05) is 26.0 Å². The van der Waals surface area contributed by atoms with Crippen LogP contribution in [0.1, 0.15) is 25.8 Å². The Morgan fingerprint density at radius 3 is 2.93 bits per heavy atom. The average molecular weight is 190 g/mol. The molecule has 0 bridgehead atoms. The topological polar surface area (TPSA) is 33.2 Å². The van der Waals surface area contributed by atoms with Crippen molar-refractivity contribution < 1.29 is 4.79 Å². The zero-order valence-corrected chi connectivity index (χ0v) is 8.74. The van der Waals surface area contributed by atoms with Crippen LogP contribution >= 0.6 is 0 Å². The Kier molecular flexibility index (Phi) is 1.84. The van der Waals surface area contributed by atoms with Gasteiger partial charge in [-0.1, -0.05) is 13.0 Å². The Labute approximate surface area is 83.8 Å². The summed E-state index contributed by atoms with van der Waals surface area (Å²) in [5, 5.41) is 0. The number of rotatable bonds is 1. The molecule has 74 valence electrons. The van der Waals surface area contributed by atoms with E-state index < -0.39 is 0 Å². The van der Waals surface area contributed by atoms with Crippen LogP contribution in [0.25, 0.3) is 0 Å². The van der Waals surface area contributed by atoms with Gasteiger partial charge in [-0.15, -0.1) is 0 Å². The van der Waals surface area contributed by atoms with Crippen LogP contribution in [-0.4, -0.2) is 17.9 Å². The van der Waals surface area contributed by atoms with Crippen molar-refractivity contribution in [2.24, 2.45) is 0 Å². The van der Waals surface area contributed by atoms with Gasteiger partial charge in [0.2, 0.25) is 5.91 Å². The molecule has 3 heteroatoms. The predicted octanol–water partition coefficient (Wildman–Crippen LogP) is 1.73. The molecule has 1 aromatic heterocycles. The molecule has 0 fully saturated rings. The quantitative estimate of drug-likeness (QED) is 0.675. The van der Waals surface area contributed by atoms with Crippen molar-refractivity contribution in [3.05, 3.63) is 23.9 Å². The molecule has 2 rings (SSSR count). The SMILES string of the molecule is CC[C@]1(C)C(=O)N(C)c2ncccc21. The highest BCUT2D eigenvalue weighted by molar-refractivity contribution is 6.06. The van der Waals surface area contributed by atoms with E-state index in [1.54, 1.807) is 18.1 Å². The van der Waals surface area contributed by atoms with Crippen molar-refractivity contribution in [1.29, 1.82) is 0 Å². The molecule has 0 saturated heterocycles. The molecular formula is C11H14N2O. The fourth-order valence-corrected chi connectivity index (χ4v) is 2.02. The number of nitrogens with zero attached hydrogens (tertiary/aromatic N) is 2. The van der Waals surface area contributed by atoms with E-state index in [9.17, 15) is 4.79 Å². The number of hydrogen-bond donors (Lipinski definition) is 0. The molecule has 0 aromatic carbocycles. The molecule has 0 radical (unpaired) electrons. The molecule has 1 aliphatic heterocycles. The third-order valence-corrected chi connectivity index (χ3v) is 3.18. The van der Waals surface area contributed by atoms with Crippen LogP contribution in [0.4, 0.5) is 5.82 Å². The summed E-state index contributed by atoms with van der Waals surface area (Å²) in [6.45, 7) is 4.02. The van der Waals surface area contributed by atoms with E-state index in [0.29, 0.717) is 0 Å². The van der Waals surface area contributed by atoms with Crippen LogP contribution in [0.2, 0.25) is 0 Å². The summed E-state index contributed by atoms with van der Waals surface area (Å²) in [5.74, 6) is 0.954. The molecule has 14 heavy (non-hydrogen) atoms. The molecule has 1 aliphatic rings. The van der Waals surface area contributed by atoms with Gasteiger partial charge in [0.05, 0.1) is 5.41 Å². The number of hydrogen-bond acceptors (Lipinski definition) is 2. The molecule has 0 N–H and O–H groups in total. The van der Waals surface area contributed by atoms with Crippen LogP contribution < -0.4 is 4.90 Å². The van der Waals surface area contributed by atoms with Crippen molar-refractivity contribution in [2.75, 3.05) is 11.9 Å². The van der Waals surface area contributed by atoms with E-state index in [4.69, 9.17) is 0 Å². The minimum Gasteiger partial charge on any atom is -0.299 e. The van der Waals surface area contributed by atoms with E-state index in [2.05, 4.69) is 4.98 Å². The van der Waals surface area contributed by atoms with Gasteiger partial charge in [-0.25, -0.2) is 4.98 Å². The largest absolute Gasteiger partial charge is 0.299 e. The highest BCUT2D eigenvalue weighted by atomic mass is 16.2. The fraction of sp³-hybridized carbons (Fsp3) is 0.455. The first-order valence-corrected chi connectivity index (χ1v) is 4.85. The second-order valence-electron chi connectivity index (χ2n) is 3.92. The molecule has 2 heterocycles. The molecule has 0 aliphatic carbocycles. The molecule has 0 unspecified atom stereocenters. The van der Waals surface area contributed by atoms with Gasteiger partial charge in [-0.2, -0.15) is 0 Å². The standard InChI is InChI=1S/C11H14N2O/c1-4-11(2)8-6-5-7-12-9(8)13(3)10(11)14/h5-7H,4H2,1-3H3/t11-/m0/s1. The highest BCUT2D eigenvalue weighted by Crippen LogP contribution is 2.41. The fourth-order valence-electron chi connectivity index (χ4n) is 2.02. The summed E-state index contributed by atoms with van der Waals surface area (Å²) in [6.07, 6.45) is 2.54.